The Morgan fingerprint density at radius 3 is 1.67 bits per heavy atom. The molecule has 0 bridgehead atoms. The lowest BCUT2D eigenvalue weighted by molar-refractivity contribution is 0.0911. The van der Waals surface area contributed by atoms with Crippen molar-refractivity contribution in [2.75, 3.05) is 53.2 Å². The van der Waals surface area contributed by atoms with Gasteiger partial charge in [0.1, 0.15) is 34.9 Å². The first-order valence-corrected chi connectivity index (χ1v) is 20.5. The summed E-state index contributed by atoms with van der Waals surface area (Å²) in [5.41, 5.74) is 16.8. The lowest BCUT2D eigenvalue weighted by Gasteiger charge is -2.45. The van der Waals surface area contributed by atoms with E-state index >= 15 is 0 Å². The molecule has 2 saturated heterocycles. The molecule has 0 radical (unpaired) electrons. The highest BCUT2D eigenvalue weighted by Crippen LogP contribution is 2.38. The van der Waals surface area contributed by atoms with Crippen LogP contribution in [0.3, 0.4) is 0 Å². The minimum atomic E-state index is -0.742. The number of hydrogen-bond donors (Lipinski definition) is 7. The normalized spacial score (nSPS) is 17.1. The van der Waals surface area contributed by atoms with E-state index in [1.165, 1.54) is 24.3 Å². The van der Waals surface area contributed by atoms with Crippen molar-refractivity contribution >= 4 is 62.9 Å². The predicted octanol–water partition coefficient (Wildman–Crippen LogP) is 7.43. The van der Waals surface area contributed by atoms with Crippen LogP contribution in [0.5, 0.6) is 0 Å². The highest BCUT2D eigenvalue weighted by Gasteiger charge is 2.42. The number of alkyl halides is 1. The van der Waals surface area contributed by atoms with Crippen LogP contribution in [0.15, 0.2) is 60.7 Å². The third-order valence-electron chi connectivity index (χ3n) is 10.9. The average Bonchev–Trinajstić information content (AvgIpc) is 3.22. The number of amides is 2. The van der Waals surface area contributed by atoms with Crippen LogP contribution in [-0.4, -0.2) is 64.7 Å². The van der Waals surface area contributed by atoms with Crippen molar-refractivity contribution in [3.05, 3.63) is 118 Å². The summed E-state index contributed by atoms with van der Waals surface area (Å²) in [5, 5.41) is 12.7. The van der Waals surface area contributed by atoms with Crippen molar-refractivity contribution in [3.63, 3.8) is 0 Å². The number of benzene rings is 4. The SMILES string of the molecule is NCc1cc(F)c(N)cc1F.Nc1cc(F)c(CNC(=O)N2CCC3(CC2)CC(=O)c2cc(F)ccc2N3)cc1F.O=C1CC2(CCNCC2)Nc2ccc(F)cc21.[2H]CI. The van der Waals surface area contributed by atoms with Gasteiger partial charge in [0.25, 0.3) is 0 Å². The van der Waals surface area contributed by atoms with E-state index in [0.717, 1.165) is 55.9 Å². The molecule has 2 fully saturated rings. The Morgan fingerprint density at radius 1 is 0.733 bits per heavy atom. The van der Waals surface area contributed by atoms with Crippen molar-refractivity contribution in [1.29, 1.82) is 0 Å². The highest BCUT2D eigenvalue weighted by molar-refractivity contribution is 14.1. The van der Waals surface area contributed by atoms with Crippen LogP contribution >= 0.6 is 22.6 Å². The molecule has 4 aliphatic heterocycles. The van der Waals surface area contributed by atoms with Gasteiger partial charge in [-0.05, 0) is 92.2 Å². The van der Waals surface area contributed by atoms with Gasteiger partial charge in [-0.3, -0.25) is 9.59 Å². The summed E-state index contributed by atoms with van der Waals surface area (Å²) in [7, 11) is 0. The smallest absolute Gasteiger partial charge is 0.317 e. The number of rotatable bonds is 3. The molecule has 0 unspecified atom stereocenters. The summed E-state index contributed by atoms with van der Waals surface area (Å²) in [6, 6.07) is 11.9. The number of halogens is 7. The fourth-order valence-electron chi connectivity index (χ4n) is 7.61. The molecule has 18 heteroatoms. The largest absolute Gasteiger partial charge is 0.396 e. The topological polar surface area (TPSA) is 181 Å². The molecule has 8 rings (SSSR count). The Balaban J connectivity index is 0.000000190. The van der Waals surface area contributed by atoms with Crippen LogP contribution in [0, 0.1) is 34.9 Å². The third-order valence-corrected chi connectivity index (χ3v) is 10.9. The van der Waals surface area contributed by atoms with Gasteiger partial charge in [0.05, 0.1) is 11.4 Å². The van der Waals surface area contributed by atoms with Gasteiger partial charge < -0.3 is 43.4 Å². The summed E-state index contributed by atoms with van der Waals surface area (Å²) >= 11 is 1.96. The van der Waals surface area contributed by atoms with Crippen LogP contribution in [0.25, 0.3) is 0 Å². The van der Waals surface area contributed by atoms with Gasteiger partial charge >= 0.3 is 6.03 Å². The number of carbonyl (C=O) groups is 3. The molecule has 0 aromatic heterocycles. The second-order valence-corrected chi connectivity index (χ2v) is 14.9. The van der Waals surface area contributed by atoms with E-state index in [2.05, 4.69) is 21.3 Å². The molecule has 0 atom stereocenters. The quantitative estimate of drug-likeness (QED) is 0.0476. The average molecular weight is 954 g/mol. The fraction of sp³-hybridized carbons (Fsp3) is 0.357. The molecule has 2 amide bonds. The third kappa shape index (κ3) is 11.0. The van der Waals surface area contributed by atoms with Crippen LogP contribution in [0.4, 0.5) is 53.9 Å². The van der Waals surface area contributed by atoms with E-state index in [-0.39, 0.29) is 64.9 Å². The van der Waals surface area contributed by atoms with Crippen molar-refractivity contribution in [1.82, 2.24) is 15.5 Å². The predicted molar refractivity (Wildman–Crippen MR) is 228 cm³/mol. The lowest BCUT2D eigenvalue weighted by Crippen LogP contribution is -2.55. The minimum absolute atomic E-state index is 0.00640. The number of fused-ring (bicyclic) bond motifs is 2. The molecule has 10 N–H and O–H groups in total. The van der Waals surface area contributed by atoms with Gasteiger partial charge in [-0.15, -0.1) is 0 Å². The number of nitrogens with two attached hydrogens (primary N) is 3. The number of carbonyl (C=O) groups excluding carboxylic acids is 3. The number of nitrogens with one attached hydrogen (secondary N) is 4. The number of urea groups is 1. The van der Waals surface area contributed by atoms with Crippen molar-refractivity contribution in [2.45, 2.75) is 62.7 Å². The molecule has 2 spiro atoms. The van der Waals surface area contributed by atoms with Crippen molar-refractivity contribution in [2.24, 2.45) is 5.73 Å². The first-order valence-electron chi connectivity index (χ1n) is 19.7. The number of nitrogens with zero attached hydrogens (tertiary/aromatic N) is 1. The maximum atomic E-state index is 13.9. The minimum Gasteiger partial charge on any atom is -0.396 e. The molecule has 322 valence electrons. The molecule has 60 heavy (non-hydrogen) atoms. The van der Waals surface area contributed by atoms with Crippen LogP contribution in [0.1, 0.15) is 71.7 Å². The molecule has 4 aliphatic rings. The zero-order chi connectivity index (χ0) is 44.5. The molecule has 0 aliphatic carbocycles. The first kappa shape index (κ1) is 44.5. The summed E-state index contributed by atoms with van der Waals surface area (Å²) in [5.74, 6) is -3.50. The number of likely N-dealkylation sites (tertiary alicyclic amines) is 1. The molecular weight excluding hydrogens is 905 g/mol. The summed E-state index contributed by atoms with van der Waals surface area (Å²) in [4.78, 5) is 39.1. The van der Waals surface area contributed by atoms with Gasteiger partial charge in [0, 0.05) is 97.2 Å². The summed E-state index contributed by atoms with van der Waals surface area (Å²) < 4.78 is 85.4. The Morgan fingerprint density at radius 2 is 1.18 bits per heavy atom. The van der Waals surface area contributed by atoms with E-state index < -0.39 is 40.7 Å². The number of anilines is 4. The zero-order valence-corrected chi connectivity index (χ0v) is 34.7. The molecule has 4 aromatic rings. The lowest BCUT2D eigenvalue weighted by atomic mass is 9.78. The molecule has 11 nitrogen and oxygen atoms in total. The van der Waals surface area contributed by atoms with Gasteiger partial charge in [0.15, 0.2) is 11.6 Å². The Bertz CT molecular complexity index is 2240. The van der Waals surface area contributed by atoms with Gasteiger partial charge in [0.2, 0.25) is 0 Å². The van der Waals surface area contributed by atoms with Gasteiger partial charge in [-0.25, -0.2) is 31.1 Å². The Hall–Kier alpha value is -5.08. The number of Topliss-reactive ketones (excluding diaryl/α,β-unsaturated/α-hetero) is 2. The monoisotopic (exact) mass is 953 g/mol. The number of nitrogen functional groups attached to an aromatic ring is 2. The zero-order valence-electron chi connectivity index (χ0n) is 33.5. The van der Waals surface area contributed by atoms with Crippen molar-refractivity contribution < 1.29 is 42.1 Å². The van der Waals surface area contributed by atoms with E-state index in [0.29, 0.717) is 54.1 Å². The second kappa shape index (κ2) is 20.0. The number of ketones is 2. The molecule has 4 heterocycles. The molecule has 0 saturated carbocycles. The summed E-state index contributed by atoms with van der Waals surface area (Å²) in [6.07, 6.45) is 3.66. The van der Waals surface area contributed by atoms with Crippen LogP contribution in [0.2, 0.25) is 0 Å². The maximum Gasteiger partial charge on any atom is 0.317 e. The van der Waals surface area contributed by atoms with E-state index in [9.17, 15) is 40.7 Å². The van der Waals surface area contributed by atoms with Gasteiger partial charge in [-0.1, -0.05) is 22.6 Å². The molecule has 4 aromatic carbocycles. The highest BCUT2D eigenvalue weighted by atomic mass is 127. The van der Waals surface area contributed by atoms with E-state index in [1.807, 2.05) is 22.6 Å². The Kier molecular flexibility index (Phi) is 14.8. The van der Waals surface area contributed by atoms with Crippen LogP contribution < -0.4 is 38.5 Å². The van der Waals surface area contributed by atoms with Crippen molar-refractivity contribution in [3.8, 4) is 0 Å². The van der Waals surface area contributed by atoms with E-state index in [1.54, 1.807) is 17.0 Å². The molecular formula is C42H47F6IN8O3. The van der Waals surface area contributed by atoms with Gasteiger partial charge in [-0.2, -0.15) is 0 Å². The van der Waals surface area contributed by atoms with E-state index in [4.69, 9.17) is 18.6 Å². The standard InChI is InChI=1S/C21H21F3N4O2.C13H15FN2O.C7H8F2N2.CH3I/c22-13-1-2-18-14(8-13)19(29)10-21(27-18)3-5-28(6-4-21)20(30)26-11-12-7-16(24)17(25)9-15(12)23;14-9-1-2-11-10(7-9)12(17)8-13(16-11)3-5-15-6-4-13;8-5-2-7(11)6(9)1-4(5)3-10;1-2/h1-2,7-9,27H,3-6,10-11,25H2,(H,26,30);1-2,7,15-16H,3-6,8H2;1-2H,3,10-11H2;1H3/i;;;1D. The fourth-order valence-corrected chi connectivity index (χ4v) is 7.61. The second-order valence-electron chi connectivity index (χ2n) is 14.9. The number of piperidine rings is 2. The Labute approximate surface area is 358 Å². The maximum absolute atomic E-state index is 13.9. The first-order chi connectivity index (χ1) is 29.0. The summed E-state index contributed by atoms with van der Waals surface area (Å²) in [6.45, 7) is 2.44. The number of hydrogen-bond acceptors (Lipinski definition) is 9. The van der Waals surface area contributed by atoms with Crippen LogP contribution in [-0.2, 0) is 13.1 Å².